The number of hydrogen-bond acceptors (Lipinski definition) is 14. The molecule has 12 atom stereocenters. The Morgan fingerprint density at radius 2 is 0.929 bits per heavy atom. The van der Waals surface area contributed by atoms with Gasteiger partial charge in [-0.05, 0) is 146 Å². The lowest BCUT2D eigenvalue weighted by atomic mass is 9.93. The Morgan fingerprint density at radius 1 is 0.495 bits per heavy atom. The SMILES string of the molecule is C/C=C/C[C@@H](C)C[C@H]1C(=O)N[C@@H](CC)C(=O)N(C)[C@H](CSCCCCN(CC)CC(C)(C)C)C(=O)N(C)[C@@H](CC(C)(C)O)C(=O)N[C@@H](C(C)C)C(=O)N(C)[C@@H](CC(C)C)C(=O)N[C@@H](C)C(=O)N[C@H](C)C(=O)N(C)[C@@H](CC(C)C)C(=O)N(C)[C@@H](CC(C)C)C(=O)N(C)[C@@H](C(C)C)C(=O)N1C. The van der Waals surface area contributed by atoms with Gasteiger partial charge in [0.05, 0.1) is 5.60 Å². The van der Waals surface area contributed by atoms with Crippen LogP contribution in [0.15, 0.2) is 12.2 Å². The summed E-state index contributed by atoms with van der Waals surface area (Å²) in [4.78, 5) is 176. The first-order valence-corrected chi connectivity index (χ1v) is 37.5. The molecule has 0 radical (unpaired) electrons. The number of carbonyl (C=O) groups is 11. The summed E-state index contributed by atoms with van der Waals surface area (Å²) in [6, 6.07) is -13.4. The lowest BCUT2D eigenvalue weighted by Gasteiger charge is -2.41. The van der Waals surface area contributed by atoms with E-state index in [2.05, 4.69) is 53.9 Å². The van der Waals surface area contributed by atoms with E-state index in [0.29, 0.717) is 12.2 Å². The van der Waals surface area contributed by atoms with E-state index < -0.39 is 149 Å². The van der Waals surface area contributed by atoms with Gasteiger partial charge in [0.2, 0.25) is 65.0 Å². The normalized spacial score (nSPS) is 25.6. The standard InChI is InChI=1S/C74H136N12O12S/c1-29-32-35-50(14)41-55-64(89)77-53(30-2)67(92)84(27)59(43-99-37-34-33-36-86(31-3)44-73(17,18)19)70(95)83(26)58(42-74(20,21)98)65(90)78-60(48(10)11)71(96)79(22)54(38-45(4)5)63(88)75-51(15)62(87)76-52(16)66(91)81(24)56(39-46(6)7)68(93)82(25)57(40-47(8)9)69(94)85(28)61(49(12)13)72(97)80(55)23/h29,32,45-61,98H,30-31,33-44H2,1-28H3,(H,75,88)(H,76,87)(H,77,89)(H,78,90)/b32-29+/t50-,51+,52-,53+,54+,55+,56+,57+,58+,59-,60+,61+/m1/s1. The molecule has 1 rings (SSSR count). The van der Waals surface area contributed by atoms with Crippen molar-refractivity contribution in [2.45, 2.75) is 275 Å². The number of carbonyl (C=O) groups excluding carboxylic acids is 11. The maximum atomic E-state index is 15.5. The Labute approximate surface area is 601 Å². The molecule has 25 heteroatoms. The molecule has 570 valence electrons. The van der Waals surface area contributed by atoms with Crippen LogP contribution >= 0.6 is 11.8 Å². The van der Waals surface area contributed by atoms with Crippen molar-refractivity contribution in [3.63, 3.8) is 0 Å². The zero-order chi connectivity index (χ0) is 76.6. The highest BCUT2D eigenvalue weighted by Gasteiger charge is 2.45. The summed E-state index contributed by atoms with van der Waals surface area (Å²) in [7, 11) is 10.3. The minimum Gasteiger partial charge on any atom is -0.390 e. The van der Waals surface area contributed by atoms with Crippen LogP contribution in [0, 0.1) is 40.9 Å². The van der Waals surface area contributed by atoms with Crippen LogP contribution in [0.5, 0.6) is 0 Å². The number of unbranched alkanes of at least 4 members (excludes halogenated alkanes) is 1. The van der Waals surface area contributed by atoms with E-state index in [0.717, 1.165) is 32.5 Å². The van der Waals surface area contributed by atoms with Crippen molar-refractivity contribution in [3.8, 4) is 0 Å². The lowest BCUT2D eigenvalue weighted by Crippen LogP contribution is -2.62. The number of nitrogens with one attached hydrogen (secondary N) is 4. The largest absolute Gasteiger partial charge is 0.390 e. The van der Waals surface area contributed by atoms with Gasteiger partial charge in [0.15, 0.2) is 0 Å². The molecule has 1 aliphatic rings. The number of hydrogen-bond donors (Lipinski definition) is 5. The van der Waals surface area contributed by atoms with Crippen LogP contribution < -0.4 is 21.3 Å². The minimum atomic E-state index is -1.56. The molecule has 99 heavy (non-hydrogen) atoms. The third-order valence-electron chi connectivity index (χ3n) is 18.6. The van der Waals surface area contributed by atoms with Crippen LogP contribution in [-0.2, 0) is 52.7 Å². The van der Waals surface area contributed by atoms with E-state index in [1.807, 2.05) is 67.5 Å². The molecule has 1 saturated heterocycles. The van der Waals surface area contributed by atoms with Crippen molar-refractivity contribution in [1.82, 2.24) is 60.5 Å². The summed E-state index contributed by atoms with van der Waals surface area (Å²) in [6.07, 6.45) is 6.44. The molecule has 0 unspecified atom stereocenters. The second-order valence-corrected chi connectivity index (χ2v) is 33.0. The van der Waals surface area contributed by atoms with Gasteiger partial charge < -0.3 is 65.6 Å². The summed E-state index contributed by atoms with van der Waals surface area (Å²) >= 11 is 1.46. The maximum Gasteiger partial charge on any atom is 0.246 e. The summed E-state index contributed by atoms with van der Waals surface area (Å²) in [5, 5.41) is 22.8. The Balaban J connectivity index is 4.53. The first-order chi connectivity index (χ1) is 45.6. The van der Waals surface area contributed by atoms with Gasteiger partial charge in [-0.15, -0.1) is 0 Å². The highest BCUT2D eigenvalue weighted by atomic mass is 32.2. The Hall–Kier alpha value is -5.82. The number of thioether (sulfide) groups is 1. The molecule has 24 nitrogen and oxygen atoms in total. The quantitative estimate of drug-likeness (QED) is 0.0499. The number of allylic oxidation sites excluding steroid dienone is 2. The second kappa shape index (κ2) is 41.9. The van der Waals surface area contributed by atoms with E-state index >= 15 is 33.6 Å². The molecule has 1 heterocycles. The average molecular weight is 1420 g/mol. The molecule has 0 bridgehead atoms. The molecule has 0 saturated carbocycles. The van der Waals surface area contributed by atoms with Crippen molar-refractivity contribution in [3.05, 3.63) is 12.2 Å². The van der Waals surface area contributed by atoms with Crippen LogP contribution in [0.25, 0.3) is 0 Å². The van der Waals surface area contributed by atoms with E-state index in [1.54, 1.807) is 34.6 Å². The molecule has 5 N–H and O–H groups in total. The molecule has 0 aliphatic carbocycles. The second-order valence-electron chi connectivity index (χ2n) is 31.9. The first kappa shape index (κ1) is 91.2. The van der Waals surface area contributed by atoms with Gasteiger partial charge >= 0.3 is 0 Å². The predicted molar refractivity (Wildman–Crippen MR) is 396 cm³/mol. The van der Waals surface area contributed by atoms with Crippen molar-refractivity contribution >= 4 is 76.7 Å². The molecule has 1 fully saturated rings. The average Bonchev–Trinajstić information content (AvgIpc) is 0.813. The molecule has 0 aromatic heterocycles. The molecule has 0 spiro atoms. The lowest BCUT2D eigenvalue weighted by molar-refractivity contribution is -0.156. The zero-order valence-electron chi connectivity index (χ0n) is 66.3. The van der Waals surface area contributed by atoms with Gasteiger partial charge in [0.25, 0.3) is 0 Å². The fraction of sp³-hybridized carbons (Fsp3) is 0.824. The number of nitrogens with zero attached hydrogens (tertiary/aromatic N) is 8. The van der Waals surface area contributed by atoms with Crippen LogP contribution in [-0.4, -0.2) is 262 Å². The number of aliphatic hydroxyl groups is 1. The minimum absolute atomic E-state index is 0.0622. The van der Waals surface area contributed by atoms with E-state index in [-0.39, 0.29) is 73.4 Å². The van der Waals surface area contributed by atoms with Crippen LogP contribution in [0.2, 0.25) is 0 Å². The molecule has 1 aliphatic heterocycles. The van der Waals surface area contributed by atoms with E-state index in [9.17, 15) is 24.3 Å². The monoisotopic (exact) mass is 1420 g/mol. The maximum absolute atomic E-state index is 15.5. The van der Waals surface area contributed by atoms with Gasteiger partial charge in [0, 0.05) is 68.1 Å². The fourth-order valence-corrected chi connectivity index (χ4v) is 13.8. The Morgan fingerprint density at radius 3 is 1.40 bits per heavy atom. The van der Waals surface area contributed by atoms with Gasteiger partial charge in [-0.1, -0.05) is 123 Å². The van der Waals surface area contributed by atoms with Crippen molar-refractivity contribution in [2.24, 2.45) is 40.9 Å². The van der Waals surface area contributed by atoms with Gasteiger partial charge in [-0.2, -0.15) is 11.8 Å². The molecule has 0 aromatic carbocycles. The van der Waals surface area contributed by atoms with Crippen LogP contribution in [0.3, 0.4) is 0 Å². The van der Waals surface area contributed by atoms with Crippen molar-refractivity contribution in [1.29, 1.82) is 0 Å². The van der Waals surface area contributed by atoms with Gasteiger partial charge in [-0.25, -0.2) is 0 Å². The summed E-state index contributed by atoms with van der Waals surface area (Å²) in [5.41, 5.74) is -1.46. The van der Waals surface area contributed by atoms with E-state index in [4.69, 9.17) is 0 Å². The number of amides is 11. The Bertz CT molecular complexity index is 2680. The molecular formula is C74H136N12O12S. The zero-order valence-corrected chi connectivity index (χ0v) is 67.1. The van der Waals surface area contributed by atoms with Crippen molar-refractivity contribution in [2.75, 3.05) is 80.5 Å². The van der Waals surface area contributed by atoms with Crippen molar-refractivity contribution < 1.29 is 57.8 Å². The molecular weight excluding hydrogens is 1280 g/mol. The number of likely N-dealkylation sites (N-methyl/N-ethyl adjacent to an activating group) is 7. The predicted octanol–water partition coefficient (Wildman–Crippen LogP) is 6.66. The fourth-order valence-electron chi connectivity index (χ4n) is 12.7. The highest BCUT2D eigenvalue weighted by Crippen LogP contribution is 2.27. The van der Waals surface area contributed by atoms with Gasteiger partial charge in [0.1, 0.15) is 66.5 Å². The molecule has 0 aromatic rings. The topological polar surface area (TPSA) is 282 Å². The van der Waals surface area contributed by atoms with E-state index in [1.165, 1.54) is 123 Å². The van der Waals surface area contributed by atoms with Gasteiger partial charge in [-0.3, -0.25) is 52.7 Å². The first-order valence-electron chi connectivity index (χ1n) is 36.3. The smallest absolute Gasteiger partial charge is 0.246 e. The summed E-state index contributed by atoms with van der Waals surface area (Å²) in [5.74, 6) is -8.17. The highest BCUT2D eigenvalue weighted by molar-refractivity contribution is 7.99. The molecule has 11 amide bonds. The summed E-state index contributed by atoms with van der Waals surface area (Å²) in [6.45, 7) is 41.1. The Kier molecular flexibility index (Phi) is 38.6. The van der Waals surface area contributed by atoms with Crippen LogP contribution in [0.4, 0.5) is 0 Å². The number of rotatable bonds is 24. The third kappa shape index (κ3) is 28.9. The third-order valence-corrected chi connectivity index (χ3v) is 19.8. The summed E-state index contributed by atoms with van der Waals surface area (Å²) < 4.78 is 0. The van der Waals surface area contributed by atoms with Crippen LogP contribution in [0.1, 0.15) is 203 Å².